The topological polar surface area (TPSA) is 118 Å². The SMILES string of the molecule is CN(C)C=Nc1ncnn2c([C@]3(C#N)O[C@H](CO)[C@H]4OC(C)(C)OC43)ccc12. The molecule has 0 amide bonds. The lowest BCUT2D eigenvalue weighted by atomic mass is 9.92. The van der Waals surface area contributed by atoms with Gasteiger partial charge in [0.1, 0.15) is 36.2 Å². The van der Waals surface area contributed by atoms with Crippen LogP contribution >= 0.6 is 0 Å². The summed E-state index contributed by atoms with van der Waals surface area (Å²) in [6.07, 6.45) is 1.03. The molecular weight excluding hydrogens is 364 g/mol. The van der Waals surface area contributed by atoms with Gasteiger partial charge in [0.2, 0.25) is 5.60 Å². The summed E-state index contributed by atoms with van der Waals surface area (Å²) in [5.41, 5.74) is -0.397. The molecule has 4 atom stereocenters. The Balaban J connectivity index is 1.84. The summed E-state index contributed by atoms with van der Waals surface area (Å²) in [5, 5.41) is 24.2. The second kappa shape index (κ2) is 6.49. The summed E-state index contributed by atoms with van der Waals surface area (Å²) in [7, 11) is 3.72. The van der Waals surface area contributed by atoms with E-state index in [0.717, 1.165) is 0 Å². The fourth-order valence-electron chi connectivity index (χ4n) is 3.71. The van der Waals surface area contributed by atoms with Crippen LogP contribution in [0.3, 0.4) is 0 Å². The van der Waals surface area contributed by atoms with Crippen molar-refractivity contribution in [3.8, 4) is 6.07 Å². The van der Waals surface area contributed by atoms with Gasteiger partial charge in [0, 0.05) is 14.1 Å². The molecule has 4 heterocycles. The first-order valence-electron chi connectivity index (χ1n) is 8.91. The van der Waals surface area contributed by atoms with E-state index in [9.17, 15) is 10.4 Å². The van der Waals surface area contributed by atoms with Gasteiger partial charge in [-0.25, -0.2) is 14.5 Å². The molecule has 0 saturated carbocycles. The number of aliphatic hydroxyl groups excluding tert-OH is 1. The van der Waals surface area contributed by atoms with E-state index in [0.29, 0.717) is 17.0 Å². The molecule has 10 heteroatoms. The number of ether oxygens (including phenoxy) is 3. The van der Waals surface area contributed by atoms with Crippen molar-refractivity contribution in [1.82, 2.24) is 19.5 Å². The lowest BCUT2D eigenvalue weighted by molar-refractivity contribution is -0.204. The highest BCUT2D eigenvalue weighted by Crippen LogP contribution is 2.49. The summed E-state index contributed by atoms with van der Waals surface area (Å²) in [6, 6.07) is 5.77. The van der Waals surface area contributed by atoms with Crippen molar-refractivity contribution in [3.05, 3.63) is 24.2 Å². The molecule has 2 aromatic rings. The van der Waals surface area contributed by atoms with Crippen molar-refractivity contribution >= 4 is 17.7 Å². The van der Waals surface area contributed by atoms with Gasteiger partial charge in [0.05, 0.1) is 18.6 Å². The third kappa shape index (κ3) is 2.75. The predicted molar refractivity (Wildman–Crippen MR) is 97.9 cm³/mol. The van der Waals surface area contributed by atoms with Crippen LogP contribution in [-0.2, 0) is 19.8 Å². The number of aliphatic hydroxyl groups is 1. The van der Waals surface area contributed by atoms with Gasteiger partial charge in [-0.3, -0.25) is 0 Å². The zero-order valence-corrected chi connectivity index (χ0v) is 16.1. The van der Waals surface area contributed by atoms with Gasteiger partial charge in [-0.15, -0.1) is 0 Å². The summed E-state index contributed by atoms with van der Waals surface area (Å²) in [5.74, 6) is -0.432. The molecule has 2 aromatic heterocycles. The molecule has 148 valence electrons. The summed E-state index contributed by atoms with van der Waals surface area (Å²) >= 11 is 0. The largest absolute Gasteiger partial charge is 0.394 e. The van der Waals surface area contributed by atoms with Gasteiger partial charge in [-0.2, -0.15) is 10.4 Å². The Hall–Kier alpha value is -2.58. The lowest BCUT2D eigenvalue weighted by Gasteiger charge is -2.28. The molecule has 10 nitrogen and oxygen atoms in total. The van der Waals surface area contributed by atoms with Crippen LogP contribution in [-0.4, -0.2) is 75.7 Å². The standard InChI is InChI=1S/C18H22N6O4/c1-17(2)27-14-12(7-25)26-18(8-19,15(14)28-17)13-6-5-11-16(21-10-23(3)4)20-9-22-24(11)13/h5-6,9-10,12,14-15,25H,7H2,1-4H3/t12-,14-,15?,18+/m1/s1. The summed E-state index contributed by atoms with van der Waals surface area (Å²) in [6.45, 7) is 3.25. The van der Waals surface area contributed by atoms with Gasteiger partial charge in [-0.05, 0) is 26.0 Å². The van der Waals surface area contributed by atoms with E-state index < -0.39 is 29.7 Å². The van der Waals surface area contributed by atoms with E-state index in [-0.39, 0.29) is 6.61 Å². The minimum Gasteiger partial charge on any atom is -0.394 e. The average molecular weight is 386 g/mol. The quantitative estimate of drug-likeness (QED) is 0.599. The number of aliphatic imine (C=N–C) groups is 1. The molecule has 1 N–H and O–H groups in total. The first-order valence-corrected chi connectivity index (χ1v) is 8.91. The highest BCUT2D eigenvalue weighted by molar-refractivity contribution is 5.71. The van der Waals surface area contributed by atoms with Crippen LogP contribution in [0.5, 0.6) is 0 Å². The Labute approximate surface area is 162 Å². The van der Waals surface area contributed by atoms with Gasteiger partial charge in [0.25, 0.3) is 0 Å². The van der Waals surface area contributed by atoms with Crippen LogP contribution in [0.4, 0.5) is 5.82 Å². The zero-order chi connectivity index (χ0) is 20.1. The number of aromatic nitrogens is 3. The monoisotopic (exact) mass is 386 g/mol. The Morgan fingerprint density at radius 1 is 1.36 bits per heavy atom. The van der Waals surface area contributed by atoms with Crippen LogP contribution in [0, 0.1) is 11.3 Å². The third-order valence-corrected chi connectivity index (χ3v) is 4.80. The molecule has 1 unspecified atom stereocenters. The first-order chi connectivity index (χ1) is 13.3. The highest BCUT2D eigenvalue weighted by atomic mass is 16.8. The third-order valence-electron chi connectivity index (χ3n) is 4.80. The number of hydrogen-bond donors (Lipinski definition) is 1. The number of rotatable bonds is 4. The molecule has 0 aliphatic carbocycles. The Bertz CT molecular complexity index is 965. The predicted octanol–water partition coefficient (Wildman–Crippen LogP) is 0.581. The van der Waals surface area contributed by atoms with Crippen LogP contribution in [0.15, 0.2) is 23.5 Å². The van der Waals surface area contributed by atoms with E-state index in [2.05, 4.69) is 21.1 Å². The van der Waals surface area contributed by atoms with Crippen molar-refractivity contribution in [1.29, 1.82) is 5.26 Å². The van der Waals surface area contributed by atoms with Gasteiger partial charge in [-0.1, -0.05) is 0 Å². The Morgan fingerprint density at radius 3 is 2.82 bits per heavy atom. The summed E-state index contributed by atoms with van der Waals surface area (Å²) < 4.78 is 19.5. The second-order valence-corrected chi connectivity index (χ2v) is 7.51. The molecular formula is C18H22N6O4. The molecule has 2 fully saturated rings. The van der Waals surface area contributed by atoms with Crippen LogP contribution < -0.4 is 0 Å². The fraction of sp³-hybridized carbons (Fsp3) is 0.556. The van der Waals surface area contributed by atoms with Gasteiger partial charge in [0.15, 0.2) is 11.6 Å². The zero-order valence-electron chi connectivity index (χ0n) is 16.1. The molecule has 2 saturated heterocycles. The fourth-order valence-corrected chi connectivity index (χ4v) is 3.71. The molecule has 0 radical (unpaired) electrons. The molecule has 2 aliphatic heterocycles. The van der Waals surface area contributed by atoms with E-state index in [4.69, 9.17) is 14.2 Å². The maximum atomic E-state index is 10.1. The van der Waals surface area contributed by atoms with E-state index in [1.54, 1.807) is 41.7 Å². The number of hydrogen-bond acceptors (Lipinski definition) is 8. The van der Waals surface area contributed by atoms with Crippen molar-refractivity contribution in [3.63, 3.8) is 0 Å². The summed E-state index contributed by atoms with van der Waals surface area (Å²) in [4.78, 5) is 10.4. The smallest absolute Gasteiger partial charge is 0.226 e. The molecule has 4 rings (SSSR count). The molecule has 28 heavy (non-hydrogen) atoms. The molecule has 0 aromatic carbocycles. The number of fused-ring (bicyclic) bond motifs is 2. The van der Waals surface area contributed by atoms with E-state index in [1.807, 2.05) is 14.1 Å². The molecule has 0 bridgehead atoms. The van der Waals surface area contributed by atoms with Crippen LogP contribution in [0.1, 0.15) is 19.5 Å². The average Bonchev–Trinajstić information content (AvgIpc) is 3.30. The van der Waals surface area contributed by atoms with Crippen molar-refractivity contribution < 1.29 is 19.3 Å². The molecule has 0 spiro atoms. The van der Waals surface area contributed by atoms with Crippen molar-refractivity contribution in [2.24, 2.45) is 4.99 Å². The van der Waals surface area contributed by atoms with E-state index in [1.165, 1.54) is 6.33 Å². The normalized spacial score (nSPS) is 31.4. The Kier molecular flexibility index (Phi) is 4.35. The first kappa shape index (κ1) is 18.8. The highest BCUT2D eigenvalue weighted by Gasteiger charge is 2.65. The van der Waals surface area contributed by atoms with Gasteiger partial charge < -0.3 is 24.2 Å². The maximum Gasteiger partial charge on any atom is 0.226 e. The number of nitrogens with zero attached hydrogens (tertiary/aromatic N) is 6. The van der Waals surface area contributed by atoms with E-state index >= 15 is 0 Å². The second-order valence-electron chi connectivity index (χ2n) is 7.51. The Morgan fingerprint density at radius 2 is 2.14 bits per heavy atom. The maximum absolute atomic E-state index is 10.1. The molecule has 2 aliphatic rings. The van der Waals surface area contributed by atoms with Gasteiger partial charge >= 0.3 is 0 Å². The van der Waals surface area contributed by atoms with Crippen LogP contribution in [0.2, 0.25) is 0 Å². The lowest BCUT2D eigenvalue weighted by Crippen LogP contribution is -2.40. The minimum absolute atomic E-state index is 0.291. The van der Waals surface area contributed by atoms with Crippen LogP contribution in [0.25, 0.3) is 5.52 Å². The number of nitriles is 1. The minimum atomic E-state index is -1.49. The van der Waals surface area contributed by atoms with Crippen molar-refractivity contribution in [2.45, 2.75) is 43.5 Å². The van der Waals surface area contributed by atoms with Crippen molar-refractivity contribution in [2.75, 3.05) is 20.7 Å².